The summed E-state index contributed by atoms with van der Waals surface area (Å²) < 4.78 is 37.7. The molecule has 0 bridgehead atoms. The molecule has 0 amide bonds. The van der Waals surface area contributed by atoms with Crippen LogP contribution in [0.4, 0.5) is 13.2 Å². The first-order valence-electron chi connectivity index (χ1n) is 7.35. The molecule has 23 heavy (non-hydrogen) atoms. The average molecular weight is 325 g/mol. The van der Waals surface area contributed by atoms with Gasteiger partial charge in [-0.15, -0.1) is 0 Å². The van der Waals surface area contributed by atoms with Crippen molar-refractivity contribution in [1.29, 1.82) is 0 Å². The van der Waals surface area contributed by atoms with Crippen LogP contribution in [0.5, 0.6) is 0 Å². The SMILES string of the molecule is OCCCC[C@H](O)c1cccc(-c2ccc(C(F)(F)F)cc2)n1. The molecule has 0 unspecified atom stereocenters. The highest BCUT2D eigenvalue weighted by Crippen LogP contribution is 2.31. The maximum atomic E-state index is 12.6. The van der Waals surface area contributed by atoms with Crippen molar-refractivity contribution in [2.75, 3.05) is 6.61 Å². The lowest BCUT2D eigenvalue weighted by Gasteiger charge is -2.12. The van der Waals surface area contributed by atoms with E-state index in [1.807, 2.05) is 0 Å². The van der Waals surface area contributed by atoms with Crippen LogP contribution in [0.15, 0.2) is 42.5 Å². The van der Waals surface area contributed by atoms with Crippen LogP contribution in [0.25, 0.3) is 11.3 Å². The van der Waals surface area contributed by atoms with E-state index in [9.17, 15) is 18.3 Å². The van der Waals surface area contributed by atoms with Crippen LogP contribution >= 0.6 is 0 Å². The first kappa shape index (κ1) is 17.4. The molecule has 0 radical (unpaired) electrons. The number of rotatable bonds is 6. The van der Waals surface area contributed by atoms with Crippen LogP contribution in [0.1, 0.15) is 36.6 Å². The number of benzene rings is 1. The molecule has 0 fully saturated rings. The van der Waals surface area contributed by atoms with Gasteiger partial charge in [0.15, 0.2) is 0 Å². The third kappa shape index (κ3) is 4.77. The van der Waals surface area contributed by atoms with Crippen molar-refractivity contribution in [3.05, 3.63) is 53.7 Å². The molecule has 0 spiro atoms. The van der Waals surface area contributed by atoms with Gasteiger partial charge in [0.2, 0.25) is 0 Å². The van der Waals surface area contributed by atoms with E-state index in [1.54, 1.807) is 18.2 Å². The summed E-state index contributed by atoms with van der Waals surface area (Å²) in [6, 6.07) is 9.84. The summed E-state index contributed by atoms with van der Waals surface area (Å²) in [4.78, 5) is 4.32. The molecule has 0 aliphatic heterocycles. The molecule has 1 atom stereocenters. The molecule has 3 nitrogen and oxygen atoms in total. The highest BCUT2D eigenvalue weighted by atomic mass is 19.4. The Morgan fingerprint density at radius 1 is 1.00 bits per heavy atom. The third-order valence-electron chi connectivity index (χ3n) is 3.51. The summed E-state index contributed by atoms with van der Waals surface area (Å²) in [6.07, 6.45) is -3.36. The van der Waals surface area contributed by atoms with E-state index >= 15 is 0 Å². The van der Waals surface area contributed by atoms with E-state index in [2.05, 4.69) is 4.98 Å². The van der Waals surface area contributed by atoms with Gasteiger partial charge in [0.1, 0.15) is 0 Å². The number of hydrogen-bond donors (Lipinski definition) is 2. The molecule has 1 aromatic carbocycles. The minimum atomic E-state index is -4.36. The number of alkyl halides is 3. The minimum absolute atomic E-state index is 0.0751. The predicted molar refractivity (Wildman–Crippen MR) is 80.6 cm³/mol. The Balaban J connectivity index is 2.16. The van der Waals surface area contributed by atoms with Gasteiger partial charge in [0.25, 0.3) is 0 Å². The lowest BCUT2D eigenvalue weighted by molar-refractivity contribution is -0.137. The summed E-state index contributed by atoms with van der Waals surface area (Å²) >= 11 is 0. The quantitative estimate of drug-likeness (QED) is 0.790. The van der Waals surface area contributed by atoms with Crippen LogP contribution in [0.2, 0.25) is 0 Å². The van der Waals surface area contributed by atoms with Crippen molar-refractivity contribution in [3.63, 3.8) is 0 Å². The molecule has 1 heterocycles. The zero-order valence-corrected chi connectivity index (χ0v) is 12.4. The van der Waals surface area contributed by atoms with E-state index < -0.39 is 17.8 Å². The second-order valence-electron chi connectivity index (χ2n) is 5.26. The fourth-order valence-corrected chi connectivity index (χ4v) is 2.23. The van der Waals surface area contributed by atoms with Crippen LogP contribution in [-0.2, 0) is 6.18 Å². The molecule has 0 saturated heterocycles. The second-order valence-corrected chi connectivity index (χ2v) is 5.26. The molecule has 124 valence electrons. The minimum Gasteiger partial charge on any atom is -0.396 e. The van der Waals surface area contributed by atoms with Gasteiger partial charge in [0.05, 0.1) is 23.1 Å². The van der Waals surface area contributed by atoms with Gasteiger partial charge < -0.3 is 10.2 Å². The summed E-state index contributed by atoms with van der Waals surface area (Å²) in [5.74, 6) is 0. The average Bonchev–Trinajstić information content (AvgIpc) is 2.54. The van der Waals surface area contributed by atoms with Crippen molar-refractivity contribution in [1.82, 2.24) is 4.98 Å². The number of halogens is 3. The molecular weight excluding hydrogens is 307 g/mol. The maximum Gasteiger partial charge on any atom is 0.416 e. The number of unbranched alkanes of at least 4 members (excludes halogenated alkanes) is 1. The Kier molecular flexibility index (Phi) is 5.74. The van der Waals surface area contributed by atoms with Crippen molar-refractivity contribution < 1.29 is 23.4 Å². The highest BCUT2D eigenvalue weighted by Gasteiger charge is 2.30. The lowest BCUT2D eigenvalue weighted by Crippen LogP contribution is -2.04. The van der Waals surface area contributed by atoms with Crippen LogP contribution in [0, 0.1) is 0 Å². The molecule has 6 heteroatoms. The van der Waals surface area contributed by atoms with Gasteiger partial charge >= 0.3 is 6.18 Å². The Bertz CT molecular complexity index is 626. The van der Waals surface area contributed by atoms with E-state index in [-0.39, 0.29) is 6.61 Å². The summed E-state index contributed by atoms with van der Waals surface area (Å²) in [6.45, 7) is 0.0751. The number of pyridine rings is 1. The van der Waals surface area contributed by atoms with E-state index in [0.29, 0.717) is 36.2 Å². The van der Waals surface area contributed by atoms with Gasteiger partial charge in [-0.1, -0.05) is 18.2 Å². The van der Waals surface area contributed by atoms with Crippen molar-refractivity contribution in [2.24, 2.45) is 0 Å². The van der Waals surface area contributed by atoms with Gasteiger partial charge in [-0.2, -0.15) is 13.2 Å². The van der Waals surface area contributed by atoms with Crippen molar-refractivity contribution in [3.8, 4) is 11.3 Å². The monoisotopic (exact) mass is 325 g/mol. The fourth-order valence-electron chi connectivity index (χ4n) is 2.23. The Morgan fingerprint density at radius 3 is 2.30 bits per heavy atom. The Morgan fingerprint density at radius 2 is 1.70 bits per heavy atom. The first-order valence-corrected chi connectivity index (χ1v) is 7.35. The van der Waals surface area contributed by atoms with E-state index in [1.165, 1.54) is 12.1 Å². The van der Waals surface area contributed by atoms with Crippen LogP contribution in [0.3, 0.4) is 0 Å². The zero-order valence-electron chi connectivity index (χ0n) is 12.4. The Hall–Kier alpha value is -1.92. The third-order valence-corrected chi connectivity index (χ3v) is 3.51. The number of aliphatic hydroxyl groups excluding tert-OH is 2. The highest BCUT2D eigenvalue weighted by molar-refractivity contribution is 5.59. The van der Waals surface area contributed by atoms with Gasteiger partial charge in [-0.3, -0.25) is 4.98 Å². The van der Waals surface area contributed by atoms with Gasteiger partial charge in [0, 0.05) is 12.2 Å². The maximum absolute atomic E-state index is 12.6. The number of hydrogen-bond acceptors (Lipinski definition) is 3. The molecular formula is C17H18F3NO2. The van der Waals surface area contributed by atoms with Gasteiger partial charge in [-0.05, 0) is 43.5 Å². The lowest BCUT2D eigenvalue weighted by atomic mass is 10.1. The normalized spacial score (nSPS) is 13.1. The summed E-state index contributed by atoms with van der Waals surface area (Å²) in [5, 5.41) is 18.8. The smallest absolute Gasteiger partial charge is 0.396 e. The first-order chi connectivity index (χ1) is 10.9. The Labute approximate surface area is 132 Å². The van der Waals surface area contributed by atoms with Crippen LogP contribution < -0.4 is 0 Å². The number of aliphatic hydroxyl groups is 2. The second kappa shape index (κ2) is 7.57. The number of aromatic nitrogens is 1. The molecule has 1 aromatic heterocycles. The van der Waals surface area contributed by atoms with Gasteiger partial charge in [-0.25, -0.2) is 0 Å². The summed E-state index contributed by atoms with van der Waals surface area (Å²) in [7, 11) is 0. The van der Waals surface area contributed by atoms with E-state index in [0.717, 1.165) is 12.1 Å². The molecule has 0 saturated carbocycles. The fraction of sp³-hybridized carbons (Fsp3) is 0.353. The van der Waals surface area contributed by atoms with E-state index in [4.69, 9.17) is 5.11 Å². The van der Waals surface area contributed by atoms with Crippen LogP contribution in [-0.4, -0.2) is 21.8 Å². The van der Waals surface area contributed by atoms with Crippen molar-refractivity contribution >= 4 is 0 Å². The van der Waals surface area contributed by atoms with Crippen molar-refractivity contribution in [2.45, 2.75) is 31.5 Å². The number of nitrogens with zero attached hydrogens (tertiary/aromatic N) is 1. The summed E-state index contributed by atoms with van der Waals surface area (Å²) in [5.41, 5.74) is 0.835. The molecule has 0 aliphatic carbocycles. The standard InChI is InChI=1S/C17H18F3NO2/c18-17(19,20)13-9-7-12(8-10-13)14-4-3-5-15(21-14)16(23)6-1-2-11-22/h3-5,7-10,16,22-23H,1-2,6,11H2/t16-/m0/s1. The largest absolute Gasteiger partial charge is 0.416 e. The topological polar surface area (TPSA) is 53.4 Å². The molecule has 2 aromatic rings. The molecule has 2 N–H and O–H groups in total. The molecule has 2 rings (SSSR count). The predicted octanol–water partition coefficient (Wildman–Crippen LogP) is 3.96. The molecule has 0 aliphatic rings. The zero-order chi connectivity index (χ0) is 16.9.